The first kappa shape index (κ1) is 22.1. The molecule has 2 aliphatic carbocycles. The summed E-state index contributed by atoms with van der Waals surface area (Å²) >= 11 is 2.47. The normalized spacial score (nSPS) is 20.9. The van der Waals surface area contributed by atoms with Crippen molar-refractivity contribution < 1.29 is 9.53 Å². The van der Waals surface area contributed by atoms with Crippen LogP contribution in [0.5, 0.6) is 5.75 Å². The molecule has 0 spiro atoms. The van der Waals surface area contributed by atoms with Gasteiger partial charge in [-0.15, -0.1) is 0 Å². The van der Waals surface area contributed by atoms with Crippen LogP contribution in [0.3, 0.4) is 0 Å². The molecule has 2 aliphatic rings. The van der Waals surface area contributed by atoms with Crippen molar-refractivity contribution in [3.63, 3.8) is 0 Å². The van der Waals surface area contributed by atoms with Gasteiger partial charge in [0.2, 0.25) is 0 Å². The van der Waals surface area contributed by atoms with Gasteiger partial charge >= 0.3 is 0 Å². The molecule has 9 heteroatoms. The third kappa shape index (κ3) is 5.13. The number of aliphatic imine (C=N–C) groups is 1. The smallest absolute Gasteiger partial charge is 0.260 e. The average molecular weight is 558 g/mol. The second-order valence-corrected chi connectivity index (χ2v) is 9.67. The Morgan fingerprint density at radius 1 is 1.27 bits per heavy atom. The number of amides is 1. The summed E-state index contributed by atoms with van der Waals surface area (Å²) in [5, 5.41) is 7.17. The Balaban J connectivity index is 1.39. The summed E-state index contributed by atoms with van der Waals surface area (Å²) in [7, 11) is 0. The van der Waals surface area contributed by atoms with E-state index in [4.69, 9.17) is 15.5 Å². The zero-order valence-corrected chi connectivity index (χ0v) is 20.4. The van der Waals surface area contributed by atoms with Gasteiger partial charge in [-0.3, -0.25) is 9.79 Å². The number of ether oxygens (including phenoxy) is 1. The van der Waals surface area contributed by atoms with Gasteiger partial charge < -0.3 is 15.8 Å². The predicted molar refractivity (Wildman–Crippen MR) is 138 cm³/mol. The van der Waals surface area contributed by atoms with Crippen molar-refractivity contribution in [3.8, 4) is 5.75 Å². The molecule has 3 N–H and O–H groups in total. The molecule has 0 saturated heterocycles. The molecule has 2 aromatic heterocycles. The van der Waals surface area contributed by atoms with Crippen molar-refractivity contribution in [2.75, 3.05) is 15.5 Å². The summed E-state index contributed by atoms with van der Waals surface area (Å²) in [6.45, 7) is 0. The SMILES string of the molecule is Nc1cc(OC2CC2)c(C(=O)Nc2cnc3cccnn23)cc1C=NC1CCC(CI)CC1. The van der Waals surface area contributed by atoms with Gasteiger partial charge in [-0.05, 0) is 62.6 Å². The van der Waals surface area contributed by atoms with E-state index in [1.54, 1.807) is 35.1 Å². The lowest BCUT2D eigenvalue weighted by Crippen LogP contribution is -2.18. The molecule has 8 nitrogen and oxygen atoms in total. The zero-order chi connectivity index (χ0) is 22.8. The molecule has 2 heterocycles. The fourth-order valence-electron chi connectivity index (χ4n) is 4.10. The van der Waals surface area contributed by atoms with Crippen LogP contribution in [0.1, 0.15) is 54.4 Å². The molecule has 0 unspecified atom stereocenters. The van der Waals surface area contributed by atoms with E-state index in [2.05, 4.69) is 38.0 Å². The lowest BCUT2D eigenvalue weighted by molar-refractivity contribution is 0.102. The Hall–Kier alpha value is -2.69. The molecule has 3 aromatic rings. The summed E-state index contributed by atoms with van der Waals surface area (Å²) < 4.78 is 8.82. The number of halogens is 1. The highest BCUT2D eigenvalue weighted by molar-refractivity contribution is 14.1. The van der Waals surface area contributed by atoms with Crippen LogP contribution in [-0.2, 0) is 0 Å². The molecule has 2 saturated carbocycles. The highest BCUT2D eigenvalue weighted by Crippen LogP contribution is 2.33. The van der Waals surface area contributed by atoms with E-state index in [-0.39, 0.29) is 12.0 Å². The van der Waals surface area contributed by atoms with Gasteiger partial charge in [0, 0.05) is 40.2 Å². The van der Waals surface area contributed by atoms with Crippen molar-refractivity contribution in [2.24, 2.45) is 10.9 Å². The van der Waals surface area contributed by atoms with Crippen LogP contribution in [0.15, 0.2) is 41.7 Å². The predicted octanol–water partition coefficient (Wildman–Crippen LogP) is 4.52. The number of nitrogens with zero attached hydrogens (tertiary/aromatic N) is 4. The van der Waals surface area contributed by atoms with Crippen LogP contribution in [-0.4, -0.2) is 43.3 Å². The van der Waals surface area contributed by atoms with Crippen molar-refractivity contribution in [1.29, 1.82) is 0 Å². The summed E-state index contributed by atoms with van der Waals surface area (Å²) in [6, 6.07) is 7.46. The second kappa shape index (κ2) is 9.66. The number of benzene rings is 1. The number of hydrogen-bond acceptors (Lipinski definition) is 6. The number of carbonyl (C=O) groups excluding carboxylic acids is 1. The van der Waals surface area contributed by atoms with Gasteiger partial charge in [0.15, 0.2) is 11.5 Å². The fourth-order valence-corrected chi connectivity index (χ4v) is 4.98. The topological polar surface area (TPSA) is 107 Å². The Morgan fingerprint density at radius 3 is 2.85 bits per heavy atom. The standard InChI is InChI=1S/C24H27IN6O2/c25-12-15-3-5-17(6-4-15)27-13-16-10-19(21(11-20(16)26)33-18-7-8-18)24(32)30-23-14-28-22-2-1-9-29-31(22)23/h1-2,9-11,13-15,17-18H,3-8,12,26H2,(H,30,32). The number of hydrogen-bond donors (Lipinski definition) is 2. The number of nitrogens with two attached hydrogens (primary N) is 1. The number of fused-ring (bicyclic) bond motifs is 1. The molecule has 1 amide bonds. The monoisotopic (exact) mass is 558 g/mol. The van der Waals surface area contributed by atoms with Gasteiger partial charge in [0.1, 0.15) is 5.75 Å². The summed E-state index contributed by atoms with van der Waals surface area (Å²) in [5.74, 6) is 1.50. The van der Waals surface area contributed by atoms with Crippen LogP contribution >= 0.6 is 22.6 Å². The number of aromatic nitrogens is 3. The summed E-state index contributed by atoms with van der Waals surface area (Å²) in [6.07, 6.45) is 11.8. The molecular weight excluding hydrogens is 531 g/mol. The highest BCUT2D eigenvalue weighted by Gasteiger charge is 2.27. The summed E-state index contributed by atoms with van der Waals surface area (Å²) in [5.41, 5.74) is 8.70. The quantitative estimate of drug-likeness (QED) is 0.192. The number of anilines is 2. The Labute approximate surface area is 206 Å². The fraction of sp³-hybridized carbons (Fsp3) is 0.417. The molecule has 0 radical (unpaired) electrons. The van der Waals surface area contributed by atoms with E-state index in [1.807, 2.05) is 12.3 Å². The third-order valence-electron chi connectivity index (χ3n) is 6.23. The number of alkyl halides is 1. The maximum Gasteiger partial charge on any atom is 0.260 e. The zero-order valence-electron chi connectivity index (χ0n) is 18.3. The number of imidazole rings is 1. The van der Waals surface area contributed by atoms with E-state index in [1.165, 1.54) is 17.3 Å². The van der Waals surface area contributed by atoms with E-state index < -0.39 is 0 Å². The van der Waals surface area contributed by atoms with E-state index in [0.29, 0.717) is 34.5 Å². The van der Waals surface area contributed by atoms with Crippen LogP contribution in [0.4, 0.5) is 11.5 Å². The van der Waals surface area contributed by atoms with E-state index in [9.17, 15) is 4.79 Å². The molecule has 1 aromatic carbocycles. The number of nitrogens with one attached hydrogen (secondary N) is 1. The minimum atomic E-state index is -0.296. The van der Waals surface area contributed by atoms with Crippen molar-refractivity contribution >= 4 is 51.9 Å². The first-order valence-electron chi connectivity index (χ1n) is 11.4. The minimum absolute atomic E-state index is 0.140. The van der Waals surface area contributed by atoms with E-state index in [0.717, 1.165) is 37.2 Å². The van der Waals surface area contributed by atoms with Gasteiger partial charge in [0.05, 0.1) is 17.9 Å². The van der Waals surface area contributed by atoms with Crippen LogP contribution in [0.2, 0.25) is 0 Å². The number of carbonyl (C=O) groups is 1. The maximum atomic E-state index is 13.3. The van der Waals surface area contributed by atoms with E-state index >= 15 is 0 Å². The minimum Gasteiger partial charge on any atom is -0.490 e. The third-order valence-corrected chi connectivity index (χ3v) is 7.47. The van der Waals surface area contributed by atoms with Crippen molar-refractivity contribution in [2.45, 2.75) is 50.7 Å². The van der Waals surface area contributed by atoms with Crippen LogP contribution in [0.25, 0.3) is 5.65 Å². The molecule has 172 valence electrons. The van der Waals surface area contributed by atoms with Gasteiger partial charge in [-0.1, -0.05) is 22.6 Å². The number of rotatable bonds is 7. The summed E-state index contributed by atoms with van der Waals surface area (Å²) in [4.78, 5) is 22.4. The second-order valence-electron chi connectivity index (χ2n) is 8.79. The Morgan fingerprint density at radius 2 is 2.09 bits per heavy atom. The average Bonchev–Trinajstić information content (AvgIpc) is 3.57. The number of nitrogen functional groups attached to an aromatic ring is 1. The maximum absolute atomic E-state index is 13.3. The highest BCUT2D eigenvalue weighted by atomic mass is 127. The Kier molecular flexibility index (Phi) is 6.48. The molecule has 0 bridgehead atoms. The molecule has 0 aliphatic heterocycles. The molecule has 5 rings (SSSR count). The van der Waals surface area contributed by atoms with Crippen molar-refractivity contribution in [3.05, 3.63) is 47.8 Å². The van der Waals surface area contributed by atoms with Gasteiger partial charge in [-0.2, -0.15) is 9.61 Å². The van der Waals surface area contributed by atoms with Gasteiger partial charge in [-0.25, -0.2) is 4.98 Å². The van der Waals surface area contributed by atoms with Crippen molar-refractivity contribution in [1.82, 2.24) is 14.6 Å². The lowest BCUT2D eigenvalue weighted by atomic mass is 9.88. The van der Waals surface area contributed by atoms with Gasteiger partial charge in [0.25, 0.3) is 5.91 Å². The van der Waals surface area contributed by atoms with Crippen LogP contribution in [0, 0.1) is 5.92 Å². The molecule has 2 fully saturated rings. The molecule has 0 atom stereocenters. The first-order valence-corrected chi connectivity index (χ1v) is 12.9. The van der Waals surface area contributed by atoms with Crippen LogP contribution < -0.4 is 15.8 Å². The Bertz CT molecular complexity index is 1180. The largest absolute Gasteiger partial charge is 0.490 e. The molecule has 33 heavy (non-hydrogen) atoms. The first-order chi connectivity index (χ1) is 16.1. The molecular formula is C24H27IN6O2. The lowest BCUT2D eigenvalue weighted by Gasteiger charge is -2.24.